The zero-order valence-electron chi connectivity index (χ0n) is 15.5. The average Bonchev–Trinajstić information content (AvgIpc) is 2.73. The van der Waals surface area contributed by atoms with Crippen molar-refractivity contribution in [1.29, 1.82) is 0 Å². The van der Waals surface area contributed by atoms with E-state index in [9.17, 15) is 9.59 Å². The van der Waals surface area contributed by atoms with Crippen LogP contribution in [0, 0.1) is 0 Å². The van der Waals surface area contributed by atoms with Gasteiger partial charge < -0.3 is 15.0 Å². The molecule has 0 atom stereocenters. The van der Waals surface area contributed by atoms with Crippen LogP contribution in [-0.4, -0.2) is 35.4 Å². The van der Waals surface area contributed by atoms with Crippen molar-refractivity contribution in [2.75, 3.05) is 23.9 Å². The summed E-state index contributed by atoms with van der Waals surface area (Å²) in [5.74, 6) is 0.298. The molecule has 0 spiro atoms. The van der Waals surface area contributed by atoms with Gasteiger partial charge in [0.2, 0.25) is 5.91 Å². The molecular weight excluding hydrogens is 356 g/mol. The Hall–Kier alpha value is -3.48. The Kier molecular flexibility index (Phi) is 4.89. The molecule has 1 aliphatic rings. The van der Waals surface area contributed by atoms with E-state index in [1.807, 2.05) is 24.3 Å². The lowest BCUT2D eigenvalue weighted by Crippen LogP contribution is -2.35. The second kappa shape index (κ2) is 7.64. The molecule has 2 heterocycles. The van der Waals surface area contributed by atoms with E-state index in [-0.39, 0.29) is 17.5 Å². The maximum Gasteiger partial charge on any atom is 0.275 e. The first-order valence-electron chi connectivity index (χ1n) is 9.17. The SMILES string of the molecule is COc1ccc(NC(=O)c2cnc3ccccc3n2)cc1N1CCCCC1=O. The molecule has 2 aromatic carbocycles. The third kappa shape index (κ3) is 3.51. The number of methoxy groups -OCH3 is 1. The number of anilines is 2. The van der Waals surface area contributed by atoms with E-state index in [0.717, 1.165) is 18.4 Å². The lowest BCUT2D eigenvalue weighted by molar-refractivity contribution is -0.119. The molecule has 1 N–H and O–H groups in total. The molecule has 4 rings (SSSR count). The lowest BCUT2D eigenvalue weighted by Gasteiger charge is -2.28. The molecule has 1 fully saturated rings. The van der Waals surface area contributed by atoms with Crippen LogP contribution in [0.5, 0.6) is 5.75 Å². The van der Waals surface area contributed by atoms with Crippen molar-refractivity contribution in [2.24, 2.45) is 0 Å². The van der Waals surface area contributed by atoms with Crippen LogP contribution in [0.1, 0.15) is 29.8 Å². The number of aromatic nitrogens is 2. The maximum absolute atomic E-state index is 12.6. The van der Waals surface area contributed by atoms with Gasteiger partial charge in [-0.1, -0.05) is 12.1 Å². The molecule has 142 valence electrons. The predicted octanol–water partition coefficient (Wildman–Crippen LogP) is 3.41. The number of piperidine rings is 1. The fraction of sp³-hybridized carbons (Fsp3) is 0.238. The molecule has 0 radical (unpaired) electrons. The van der Waals surface area contributed by atoms with Gasteiger partial charge in [-0.15, -0.1) is 0 Å². The Morgan fingerprint density at radius 3 is 2.75 bits per heavy atom. The standard InChI is InChI=1S/C21H20N4O3/c1-28-19-10-9-14(12-18(19)25-11-5-4-8-20(25)26)23-21(27)17-13-22-15-6-2-3-7-16(15)24-17/h2-3,6-7,9-10,12-13H,4-5,8,11H2,1H3,(H,23,27). The summed E-state index contributed by atoms with van der Waals surface area (Å²) in [5.41, 5.74) is 2.84. The van der Waals surface area contributed by atoms with E-state index in [0.29, 0.717) is 35.6 Å². The van der Waals surface area contributed by atoms with E-state index in [1.54, 1.807) is 30.2 Å². The number of carbonyl (C=O) groups excluding carboxylic acids is 2. The first-order chi connectivity index (χ1) is 13.7. The molecule has 7 nitrogen and oxygen atoms in total. The summed E-state index contributed by atoms with van der Waals surface area (Å²) in [7, 11) is 1.57. The van der Waals surface area contributed by atoms with Crippen molar-refractivity contribution in [3.8, 4) is 5.75 Å². The Morgan fingerprint density at radius 2 is 1.96 bits per heavy atom. The van der Waals surface area contributed by atoms with Gasteiger partial charge in [0.15, 0.2) is 0 Å². The second-order valence-corrected chi connectivity index (χ2v) is 6.59. The summed E-state index contributed by atoms with van der Waals surface area (Å²) in [4.78, 5) is 35.3. The number of rotatable bonds is 4. The summed E-state index contributed by atoms with van der Waals surface area (Å²) in [6.45, 7) is 0.642. The third-order valence-corrected chi connectivity index (χ3v) is 4.73. The van der Waals surface area contributed by atoms with E-state index in [2.05, 4.69) is 15.3 Å². The van der Waals surface area contributed by atoms with E-state index in [4.69, 9.17) is 4.74 Å². The number of para-hydroxylation sites is 2. The first-order valence-corrected chi connectivity index (χ1v) is 9.17. The van der Waals surface area contributed by atoms with E-state index in [1.165, 1.54) is 6.20 Å². The number of hydrogen-bond acceptors (Lipinski definition) is 5. The van der Waals surface area contributed by atoms with Crippen LogP contribution in [0.15, 0.2) is 48.7 Å². The summed E-state index contributed by atoms with van der Waals surface area (Å²) in [6.07, 6.45) is 3.82. The number of carbonyl (C=O) groups is 2. The largest absolute Gasteiger partial charge is 0.495 e. The average molecular weight is 376 g/mol. The normalized spacial score (nSPS) is 14.2. The van der Waals surface area contributed by atoms with Gasteiger partial charge in [0, 0.05) is 18.7 Å². The predicted molar refractivity (Wildman–Crippen MR) is 107 cm³/mol. The van der Waals surface area contributed by atoms with Crippen LogP contribution >= 0.6 is 0 Å². The van der Waals surface area contributed by atoms with Gasteiger partial charge in [-0.2, -0.15) is 0 Å². The van der Waals surface area contributed by atoms with Crippen molar-refractivity contribution in [3.05, 3.63) is 54.4 Å². The highest BCUT2D eigenvalue weighted by Crippen LogP contribution is 2.33. The minimum atomic E-state index is -0.362. The molecule has 1 aromatic heterocycles. The highest BCUT2D eigenvalue weighted by molar-refractivity contribution is 6.04. The van der Waals surface area contributed by atoms with Crippen LogP contribution in [0.2, 0.25) is 0 Å². The summed E-state index contributed by atoms with van der Waals surface area (Å²) >= 11 is 0. The minimum absolute atomic E-state index is 0.0634. The Balaban J connectivity index is 1.60. The number of hydrogen-bond donors (Lipinski definition) is 1. The van der Waals surface area contributed by atoms with Gasteiger partial charge in [-0.05, 0) is 43.2 Å². The van der Waals surface area contributed by atoms with Gasteiger partial charge in [0.1, 0.15) is 11.4 Å². The number of amides is 2. The van der Waals surface area contributed by atoms with Crippen molar-refractivity contribution >= 4 is 34.2 Å². The molecule has 3 aromatic rings. The number of fused-ring (bicyclic) bond motifs is 1. The topological polar surface area (TPSA) is 84.4 Å². The number of benzene rings is 2. The number of nitrogens with zero attached hydrogens (tertiary/aromatic N) is 3. The fourth-order valence-corrected chi connectivity index (χ4v) is 3.30. The molecule has 28 heavy (non-hydrogen) atoms. The summed E-state index contributed by atoms with van der Waals surface area (Å²) < 4.78 is 5.41. The molecular formula is C21H20N4O3. The van der Waals surface area contributed by atoms with Crippen LogP contribution < -0.4 is 15.0 Å². The highest BCUT2D eigenvalue weighted by atomic mass is 16.5. The monoisotopic (exact) mass is 376 g/mol. The molecule has 2 amide bonds. The van der Waals surface area contributed by atoms with Crippen molar-refractivity contribution in [2.45, 2.75) is 19.3 Å². The zero-order valence-corrected chi connectivity index (χ0v) is 15.5. The van der Waals surface area contributed by atoms with Gasteiger partial charge in [-0.25, -0.2) is 4.98 Å². The molecule has 1 saturated heterocycles. The molecule has 0 saturated carbocycles. The maximum atomic E-state index is 12.6. The highest BCUT2D eigenvalue weighted by Gasteiger charge is 2.23. The molecule has 0 bridgehead atoms. The van der Waals surface area contributed by atoms with Gasteiger partial charge in [0.25, 0.3) is 5.91 Å². The van der Waals surface area contributed by atoms with Crippen LogP contribution in [0.4, 0.5) is 11.4 Å². The molecule has 1 aliphatic heterocycles. The first kappa shape index (κ1) is 17.9. The summed E-state index contributed by atoms with van der Waals surface area (Å²) in [5, 5.41) is 2.83. The Labute approximate surface area is 162 Å². The molecule has 7 heteroatoms. The smallest absolute Gasteiger partial charge is 0.275 e. The van der Waals surface area contributed by atoms with Crippen molar-refractivity contribution in [3.63, 3.8) is 0 Å². The number of ether oxygens (including phenoxy) is 1. The zero-order chi connectivity index (χ0) is 19.5. The minimum Gasteiger partial charge on any atom is -0.495 e. The van der Waals surface area contributed by atoms with Gasteiger partial charge in [0.05, 0.1) is 30.0 Å². The second-order valence-electron chi connectivity index (χ2n) is 6.59. The van der Waals surface area contributed by atoms with Crippen LogP contribution in [0.3, 0.4) is 0 Å². The number of nitrogens with one attached hydrogen (secondary N) is 1. The van der Waals surface area contributed by atoms with Gasteiger partial charge in [-0.3, -0.25) is 14.6 Å². The Morgan fingerprint density at radius 1 is 1.14 bits per heavy atom. The lowest BCUT2D eigenvalue weighted by atomic mass is 10.1. The quantitative estimate of drug-likeness (QED) is 0.754. The third-order valence-electron chi connectivity index (χ3n) is 4.73. The van der Waals surface area contributed by atoms with Gasteiger partial charge >= 0.3 is 0 Å². The van der Waals surface area contributed by atoms with Crippen molar-refractivity contribution in [1.82, 2.24) is 9.97 Å². The summed E-state index contributed by atoms with van der Waals surface area (Å²) in [6, 6.07) is 12.6. The molecule has 0 unspecified atom stereocenters. The van der Waals surface area contributed by atoms with E-state index < -0.39 is 0 Å². The fourth-order valence-electron chi connectivity index (χ4n) is 3.30. The van der Waals surface area contributed by atoms with Crippen molar-refractivity contribution < 1.29 is 14.3 Å². The Bertz CT molecular complexity index is 1050. The molecule has 0 aliphatic carbocycles. The van der Waals surface area contributed by atoms with Crippen LogP contribution in [0.25, 0.3) is 11.0 Å². The van der Waals surface area contributed by atoms with Crippen LogP contribution in [-0.2, 0) is 4.79 Å². The van der Waals surface area contributed by atoms with E-state index >= 15 is 0 Å².